The molecule has 1 unspecified atom stereocenters. The number of nitrogens with one attached hydrogen (secondary N) is 1. The van der Waals surface area contributed by atoms with Gasteiger partial charge < -0.3 is 10.1 Å². The Kier molecular flexibility index (Phi) is 3.97. The van der Waals surface area contributed by atoms with Crippen molar-refractivity contribution in [3.63, 3.8) is 0 Å². The van der Waals surface area contributed by atoms with E-state index in [4.69, 9.17) is 4.74 Å². The van der Waals surface area contributed by atoms with Gasteiger partial charge in [0, 0.05) is 37.8 Å². The predicted molar refractivity (Wildman–Crippen MR) is 65.7 cm³/mol. The fourth-order valence-electron chi connectivity index (χ4n) is 2.20. The number of halogens is 1. The van der Waals surface area contributed by atoms with Crippen LogP contribution in [-0.2, 0) is 6.54 Å². The molecule has 1 N–H and O–H groups in total. The van der Waals surface area contributed by atoms with Crippen LogP contribution < -0.4 is 10.1 Å². The molecule has 1 atom stereocenters. The van der Waals surface area contributed by atoms with Crippen LogP contribution in [0.5, 0.6) is 5.75 Å². The third-order valence-corrected chi connectivity index (χ3v) is 3.10. The van der Waals surface area contributed by atoms with Crippen LogP contribution in [0.1, 0.15) is 12.5 Å². The molecular weight excluding hydrogens is 219 g/mol. The fraction of sp³-hybridized carbons (Fsp3) is 0.538. The Morgan fingerprint density at radius 1 is 1.53 bits per heavy atom. The van der Waals surface area contributed by atoms with E-state index in [0.717, 1.165) is 19.6 Å². The Morgan fingerprint density at radius 2 is 2.35 bits per heavy atom. The summed E-state index contributed by atoms with van der Waals surface area (Å²) in [6, 6.07) is 5.37. The van der Waals surface area contributed by atoms with E-state index in [9.17, 15) is 4.39 Å². The average Bonchev–Trinajstić information content (AvgIpc) is 2.32. The molecule has 94 valence electrons. The minimum atomic E-state index is -0.156. The van der Waals surface area contributed by atoms with E-state index in [-0.39, 0.29) is 5.82 Å². The summed E-state index contributed by atoms with van der Waals surface area (Å²) in [6.07, 6.45) is 0. The van der Waals surface area contributed by atoms with Crippen molar-refractivity contribution in [2.75, 3.05) is 26.7 Å². The van der Waals surface area contributed by atoms with E-state index in [1.165, 1.54) is 6.07 Å². The van der Waals surface area contributed by atoms with E-state index in [0.29, 0.717) is 23.9 Å². The van der Waals surface area contributed by atoms with Crippen molar-refractivity contribution in [1.82, 2.24) is 10.2 Å². The van der Waals surface area contributed by atoms with Crippen LogP contribution in [0.2, 0.25) is 0 Å². The fourth-order valence-corrected chi connectivity index (χ4v) is 2.20. The number of piperazine rings is 1. The number of ether oxygens (including phenoxy) is 1. The van der Waals surface area contributed by atoms with Crippen molar-refractivity contribution >= 4 is 0 Å². The van der Waals surface area contributed by atoms with Gasteiger partial charge in [-0.05, 0) is 25.1 Å². The highest BCUT2D eigenvalue weighted by atomic mass is 19.1. The lowest BCUT2D eigenvalue weighted by molar-refractivity contribution is 0.197. The summed E-state index contributed by atoms with van der Waals surface area (Å²) >= 11 is 0. The first-order valence-electron chi connectivity index (χ1n) is 5.97. The Labute approximate surface area is 102 Å². The molecule has 4 heteroatoms. The van der Waals surface area contributed by atoms with Crippen LogP contribution in [0.25, 0.3) is 0 Å². The summed E-state index contributed by atoms with van der Waals surface area (Å²) in [4.78, 5) is 2.26. The highest BCUT2D eigenvalue weighted by molar-refractivity contribution is 5.29. The van der Waals surface area contributed by atoms with Crippen LogP contribution in [-0.4, -0.2) is 37.7 Å². The zero-order valence-electron chi connectivity index (χ0n) is 10.4. The quantitative estimate of drug-likeness (QED) is 0.866. The summed E-state index contributed by atoms with van der Waals surface area (Å²) < 4.78 is 18.8. The van der Waals surface area contributed by atoms with E-state index in [2.05, 4.69) is 17.1 Å². The second kappa shape index (κ2) is 5.47. The van der Waals surface area contributed by atoms with E-state index in [1.807, 2.05) is 0 Å². The second-order valence-corrected chi connectivity index (χ2v) is 4.55. The average molecular weight is 238 g/mol. The molecule has 1 aliphatic rings. The van der Waals surface area contributed by atoms with Crippen molar-refractivity contribution in [3.8, 4) is 5.75 Å². The van der Waals surface area contributed by atoms with E-state index in [1.54, 1.807) is 19.2 Å². The summed E-state index contributed by atoms with van der Waals surface area (Å²) in [5, 5.41) is 3.37. The number of hydrogen-bond acceptors (Lipinski definition) is 3. The largest absolute Gasteiger partial charge is 0.497 e. The van der Waals surface area contributed by atoms with Crippen molar-refractivity contribution in [3.05, 3.63) is 29.6 Å². The number of nitrogens with zero attached hydrogens (tertiary/aromatic N) is 1. The Balaban J connectivity index is 2.06. The Hall–Kier alpha value is -1.13. The molecular formula is C13H19FN2O. The lowest BCUT2D eigenvalue weighted by atomic mass is 10.1. The smallest absolute Gasteiger partial charge is 0.127 e. The monoisotopic (exact) mass is 238 g/mol. The first kappa shape index (κ1) is 12.3. The minimum Gasteiger partial charge on any atom is -0.497 e. The molecule has 0 radical (unpaired) electrons. The molecule has 1 aromatic carbocycles. The van der Waals surface area contributed by atoms with Gasteiger partial charge in [-0.2, -0.15) is 0 Å². The number of methoxy groups -OCH3 is 1. The molecule has 1 saturated heterocycles. The Bertz CT molecular complexity index is 384. The molecule has 1 aromatic rings. The maximum Gasteiger partial charge on any atom is 0.127 e. The van der Waals surface area contributed by atoms with Crippen LogP contribution >= 0.6 is 0 Å². The molecule has 3 nitrogen and oxygen atoms in total. The molecule has 0 spiro atoms. The first-order valence-corrected chi connectivity index (χ1v) is 5.97. The van der Waals surface area contributed by atoms with Gasteiger partial charge in [-0.3, -0.25) is 4.90 Å². The van der Waals surface area contributed by atoms with Crippen LogP contribution in [0.4, 0.5) is 4.39 Å². The van der Waals surface area contributed by atoms with E-state index >= 15 is 0 Å². The zero-order chi connectivity index (χ0) is 12.3. The molecule has 17 heavy (non-hydrogen) atoms. The number of rotatable bonds is 3. The van der Waals surface area contributed by atoms with Gasteiger partial charge in [0.1, 0.15) is 11.6 Å². The van der Waals surface area contributed by atoms with Crippen molar-refractivity contribution in [2.45, 2.75) is 19.5 Å². The van der Waals surface area contributed by atoms with Gasteiger partial charge in [0.05, 0.1) is 7.11 Å². The highest BCUT2D eigenvalue weighted by Crippen LogP contribution is 2.18. The summed E-state index contributed by atoms with van der Waals surface area (Å²) in [6.45, 7) is 5.67. The SMILES string of the molecule is COc1ccc(F)c(CN2CCNC(C)C2)c1. The van der Waals surface area contributed by atoms with Gasteiger partial charge >= 0.3 is 0 Å². The topological polar surface area (TPSA) is 24.5 Å². The molecule has 1 heterocycles. The number of benzene rings is 1. The lowest BCUT2D eigenvalue weighted by Gasteiger charge is -2.31. The maximum atomic E-state index is 13.7. The third-order valence-electron chi connectivity index (χ3n) is 3.10. The van der Waals surface area contributed by atoms with Crippen LogP contribution in [0, 0.1) is 5.82 Å². The predicted octanol–water partition coefficient (Wildman–Crippen LogP) is 1.63. The summed E-state index contributed by atoms with van der Waals surface area (Å²) in [5.41, 5.74) is 0.707. The van der Waals surface area contributed by atoms with Gasteiger partial charge in [-0.15, -0.1) is 0 Å². The van der Waals surface area contributed by atoms with Gasteiger partial charge in [-0.1, -0.05) is 0 Å². The van der Waals surface area contributed by atoms with E-state index < -0.39 is 0 Å². The van der Waals surface area contributed by atoms with Gasteiger partial charge in [0.25, 0.3) is 0 Å². The van der Waals surface area contributed by atoms with Crippen molar-refractivity contribution < 1.29 is 9.13 Å². The normalized spacial score (nSPS) is 21.5. The molecule has 2 rings (SSSR count). The molecule has 1 fully saturated rings. The minimum absolute atomic E-state index is 0.156. The third kappa shape index (κ3) is 3.17. The van der Waals surface area contributed by atoms with Crippen LogP contribution in [0.15, 0.2) is 18.2 Å². The van der Waals surface area contributed by atoms with Crippen molar-refractivity contribution in [2.24, 2.45) is 0 Å². The first-order chi connectivity index (χ1) is 8.19. The summed E-state index contributed by atoms with van der Waals surface area (Å²) in [7, 11) is 1.60. The van der Waals surface area contributed by atoms with Gasteiger partial charge in [-0.25, -0.2) is 4.39 Å². The molecule has 0 aromatic heterocycles. The standard InChI is InChI=1S/C13H19FN2O/c1-10-8-16(6-5-15-10)9-11-7-12(17-2)3-4-13(11)14/h3-4,7,10,15H,5-6,8-9H2,1-2H3. The molecule has 1 aliphatic heterocycles. The van der Waals surface area contributed by atoms with Crippen LogP contribution in [0.3, 0.4) is 0 Å². The summed E-state index contributed by atoms with van der Waals surface area (Å²) in [5.74, 6) is 0.557. The Morgan fingerprint density at radius 3 is 3.06 bits per heavy atom. The highest BCUT2D eigenvalue weighted by Gasteiger charge is 2.17. The molecule has 0 aliphatic carbocycles. The second-order valence-electron chi connectivity index (χ2n) is 4.55. The van der Waals surface area contributed by atoms with Crippen molar-refractivity contribution in [1.29, 1.82) is 0 Å². The maximum absolute atomic E-state index is 13.7. The molecule has 0 saturated carbocycles. The number of hydrogen-bond donors (Lipinski definition) is 1. The van der Waals surface area contributed by atoms with Gasteiger partial charge in [0.2, 0.25) is 0 Å². The lowest BCUT2D eigenvalue weighted by Crippen LogP contribution is -2.48. The van der Waals surface area contributed by atoms with Gasteiger partial charge in [0.15, 0.2) is 0 Å². The molecule has 0 amide bonds. The molecule has 0 bridgehead atoms. The zero-order valence-corrected chi connectivity index (χ0v) is 10.4.